The van der Waals surface area contributed by atoms with Crippen LogP contribution < -0.4 is 10.6 Å². The van der Waals surface area contributed by atoms with Gasteiger partial charge in [0.25, 0.3) is 0 Å². The van der Waals surface area contributed by atoms with Crippen LogP contribution in [0.15, 0.2) is 46.9 Å². The zero-order valence-electron chi connectivity index (χ0n) is 11.8. The Hall–Kier alpha value is -2.21. The maximum absolute atomic E-state index is 13.4. The molecule has 0 atom stereocenters. The molecule has 6 heteroatoms. The summed E-state index contributed by atoms with van der Waals surface area (Å²) >= 11 is 3.34. The van der Waals surface area contributed by atoms with Crippen LogP contribution >= 0.6 is 15.9 Å². The second-order valence-electron chi connectivity index (χ2n) is 4.74. The molecule has 0 unspecified atom stereocenters. The van der Waals surface area contributed by atoms with E-state index in [2.05, 4.69) is 26.6 Å². The summed E-state index contributed by atoms with van der Waals surface area (Å²) in [5.74, 6) is -1.60. The van der Waals surface area contributed by atoms with E-state index >= 15 is 0 Å². The molecule has 2 rings (SSSR count). The normalized spacial score (nSPS) is 10.1. The summed E-state index contributed by atoms with van der Waals surface area (Å²) < 4.78 is 14.1. The Kier molecular flexibility index (Phi) is 5.27. The first kappa shape index (κ1) is 16.2. The van der Waals surface area contributed by atoms with Crippen molar-refractivity contribution in [3.05, 3.63) is 58.3 Å². The number of nitrogens with one attached hydrogen (secondary N) is 2. The van der Waals surface area contributed by atoms with E-state index in [4.69, 9.17) is 0 Å². The molecular formula is C16H14BrFN2O2. The van der Waals surface area contributed by atoms with Gasteiger partial charge in [-0.25, -0.2) is 4.39 Å². The lowest BCUT2D eigenvalue weighted by molar-refractivity contribution is -0.123. The van der Waals surface area contributed by atoms with E-state index in [9.17, 15) is 14.0 Å². The average Bonchev–Trinajstić information content (AvgIpc) is 2.44. The monoisotopic (exact) mass is 364 g/mol. The van der Waals surface area contributed by atoms with Crippen LogP contribution in [0.1, 0.15) is 12.0 Å². The van der Waals surface area contributed by atoms with Crippen molar-refractivity contribution in [3.8, 4) is 0 Å². The molecule has 0 aliphatic carbocycles. The largest absolute Gasteiger partial charge is 0.325 e. The summed E-state index contributed by atoms with van der Waals surface area (Å²) in [5.41, 5.74) is 1.67. The number of anilines is 2. The summed E-state index contributed by atoms with van der Waals surface area (Å²) in [4.78, 5) is 23.6. The Morgan fingerprint density at radius 2 is 1.68 bits per heavy atom. The molecule has 2 aromatic carbocycles. The van der Waals surface area contributed by atoms with Crippen molar-refractivity contribution in [2.75, 3.05) is 10.6 Å². The van der Waals surface area contributed by atoms with E-state index in [1.54, 1.807) is 12.1 Å². The number of benzene rings is 2. The third-order valence-corrected chi connectivity index (χ3v) is 3.52. The minimum absolute atomic E-state index is 0.0526. The van der Waals surface area contributed by atoms with Crippen molar-refractivity contribution in [3.63, 3.8) is 0 Å². The maximum Gasteiger partial charge on any atom is 0.233 e. The van der Waals surface area contributed by atoms with Gasteiger partial charge in [0.2, 0.25) is 11.8 Å². The molecule has 4 nitrogen and oxygen atoms in total. The number of carbonyl (C=O) groups is 2. The molecule has 0 radical (unpaired) electrons. The molecule has 2 N–H and O–H groups in total. The standard InChI is InChI=1S/C16H14BrFN2O2/c1-10-6-7-13(11(17)8-10)19-15(21)9-16(22)20-14-5-3-2-4-12(14)18/h2-8H,9H2,1H3,(H,19,21)(H,20,22). The summed E-state index contributed by atoms with van der Waals surface area (Å²) in [7, 11) is 0. The predicted octanol–water partition coefficient (Wildman–Crippen LogP) is 3.86. The van der Waals surface area contributed by atoms with Crippen LogP contribution in [0, 0.1) is 12.7 Å². The zero-order chi connectivity index (χ0) is 16.1. The second-order valence-corrected chi connectivity index (χ2v) is 5.59. The Bertz CT molecular complexity index is 719. The van der Waals surface area contributed by atoms with Crippen molar-refractivity contribution in [1.29, 1.82) is 0 Å². The molecular weight excluding hydrogens is 351 g/mol. The lowest BCUT2D eigenvalue weighted by Crippen LogP contribution is -2.22. The van der Waals surface area contributed by atoms with Crippen LogP contribution in [0.25, 0.3) is 0 Å². The highest BCUT2D eigenvalue weighted by atomic mass is 79.9. The van der Waals surface area contributed by atoms with Gasteiger partial charge in [0.05, 0.1) is 11.4 Å². The van der Waals surface area contributed by atoms with E-state index in [1.807, 2.05) is 19.1 Å². The molecule has 0 saturated carbocycles. The van der Waals surface area contributed by atoms with Gasteiger partial charge in [-0.2, -0.15) is 0 Å². The van der Waals surface area contributed by atoms with Gasteiger partial charge in [-0.3, -0.25) is 9.59 Å². The van der Waals surface area contributed by atoms with Gasteiger partial charge in [0.1, 0.15) is 12.2 Å². The van der Waals surface area contributed by atoms with Crippen molar-refractivity contribution in [1.82, 2.24) is 0 Å². The van der Waals surface area contributed by atoms with Gasteiger partial charge >= 0.3 is 0 Å². The minimum Gasteiger partial charge on any atom is -0.325 e. The van der Waals surface area contributed by atoms with E-state index in [0.29, 0.717) is 5.69 Å². The maximum atomic E-state index is 13.4. The molecule has 114 valence electrons. The van der Waals surface area contributed by atoms with E-state index in [-0.39, 0.29) is 5.69 Å². The SMILES string of the molecule is Cc1ccc(NC(=O)CC(=O)Nc2ccccc2F)c(Br)c1. The molecule has 0 aromatic heterocycles. The minimum atomic E-state index is -0.578. The fourth-order valence-corrected chi connectivity index (χ4v) is 2.41. The highest BCUT2D eigenvalue weighted by Gasteiger charge is 2.12. The number of halogens is 2. The first-order valence-corrected chi connectivity index (χ1v) is 7.35. The molecule has 0 fully saturated rings. The number of hydrogen-bond donors (Lipinski definition) is 2. The molecule has 0 aliphatic rings. The molecule has 2 amide bonds. The van der Waals surface area contributed by atoms with Gasteiger partial charge in [0.15, 0.2) is 0 Å². The predicted molar refractivity (Wildman–Crippen MR) is 87.2 cm³/mol. The van der Waals surface area contributed by atoms with Crippen molar-refractivity contribution < 1.29 is 14.0 Å². The van der Waals surface area contributed by atoms with Gasteiger partial charge in [-0.15, -0.1) is 0 Å². The van der Waals surface area contributed by atoms with E-state index in [1.165, 1.54) is 18.2 Å². The Balaban J connectivity index is 1.94. The molecule has 2 aromatic rings. The van der Waals surface area contributed by atoms with Crippen LogP contribution in [-0.2, 0) is 9.59 Å². The van der Waals surface area contributed by atoms with E-state index in [0.717, 1.165) is 10.0 Å². The third kappa shape index (κ3) is 4.39. The van der Waals surface area contributed by atoms with Crippen LogP contribution in [0.4, 0.5) is 15.8 Å². The Morgan fingerprint density at radius 1 is 1.05 bits per heavy atom. The molecule has 0 spiro atoms. The Labute approximate surface area is 135 Å². The fraction of sp³-hybridized carbons (Fsp3) is 0.125. The summed E-state index contributed by atoms with van der Waals surface area (Å²) in [6.45, 7) is 1.93. The molecule has 0 heterocycles. The van der Waals surface area contributed by atoms with Gasteiger partial charge in [-0.05, 0) is 52.7 Å². The Morgan fingerprint density at radius 3 is 2.32 bits per heavy atom. The lowest BCUT2D eigenvalue weighted by Gasteiger charge is -2.09. The van der Waals surface area contributed by atoms with E-state index < -0.39 is 24.1 Å². The fourth-order valence-electron chi connectivity index (χ4n) is 1.82. The second kappa shape index (κ2) is 7.17. The highest BCUT2D eigenvalue weighted by Crippen LogP contribution is 2.23. The molecule has 0 aliphatic heterocycles. The summed E-state index contributed by atoms with van der Waals surface area (Å²) in [5, 5.41) is 4.99. The molecule has 0 saturated heterocycles. The van der Waals surface area contributed by atoms with Crippen molar-refractivity contribution >= 4 is 39.1 Å². The van der Waals surface area contributed by atoms with Gasteiger partial charge in [0, 0.05) is 4.47 Å². The molecule has 0 bridgehead atoms. The average molecular weight is 365 g/mol. The smallest absolute Gasteiger partial charge is 0.233 e. The number of amides is 2. The van der Waals surface area contributed by atoms with Crippen LogP contribution in [0.3, 0.4) is 0 Å². The summed E-state index contributed by atoms with van der Waals surface area (Å²) in [6, 6.07) is 11.2. The topological polar surface area (TPSA) is 58.2 Å². The van der Waals surface area contributed by atoms with Gasteiger partial charge < -0.3 is 10.6 Å². The molecule has 22 heavy (non-hydrogen) atoms. The first-order valence-electron chi connectivity index (χ1n) is 6.56. The zero-order valence-corrected chi connectivity index (χ0v) is 13.4. The van der Waals surface area contributed by atoms with Crippen LogP contribution in [0.2, 0.25) is 0 Å². The highest BCUT2D eigenvalue weighted by molar-refractivity contribution is 9.10. The summed E-state index contributed by atoms with van der Waals surface area (Å²) in [6.07, 6.45) is -0.394. The number of hydrogen-bond acceptors (Lipinski definition) is 2. The van der Waals surface area contributed by atoms with Gasteiger partial charge in [-0.1, -0.05) is 18.2 Å². The van der Waals surface area contributed by atoms with Crippen LogP contribution in [0.5, 0.6) is 0 Å². The number of para-hydroxylation sites is 1. The first-order chi connectivity index (χ1) is 10.5. The number of carbonyl (C=O) groups excluding carboxylic acids is 2. The lowest BCUT2D eigenvalue weighted by atomic mass is 10.2. The number of aryl methyl sites for hydroxylation is 1. The third-order valence-electron chi connectivity index (χ3n) is 2.87. The quantitative estimate of drug-likeness (QED) is 0.809. The van der Waals surface area contributed by atoms with Crippen molar-refractivity contribution in [2.24, 2.45) is 0 Å². The van der Waals surface area contributed by atoms with Crippen molar-refractivity contribution in [2.45, 2.75) is 13.3 Å². The number of rotatable bonds is 4. The van der Waals surface area contributed by atoms with Crippen LogP contribution in [-0.4, -0.2) is 11.8 Å².